The van der Waals surface area contributed by atoms with Gasteiger partial charge in [0, 0.05) is 6.42 Å². The molecule has 2 heteroatoms. The molecule has 0 aliphatic heterocycles. The lowest BCUT2D eigenvalue weighted by Gasteiger charge is -1.96. The van der Waals surface area contributed by atoms with Gasteiger partial charge in [0.15, 0.2) is 0 Å². The number of hydrogen-bond donors (Lipinski definition) is 0. The highest BCUT2D eigenvalue weighted by atomic mass is 35.5. The lowest BCUT2D eigenvalue weighted by atomic mass is 10.2. The first-order valence-corrected chi connectivity index (χ1v) is 3.29. The summed E-state index contributed by atoms with van der Waals surface area (Å²) in [6, 6.07) is 0. The lowest BCUT2D eigenvalue weighted by molar-refractivity contribution is -0.118. The van der Waals surface area contributed by atoms with Crippen molar-refractivity contribution in [3.63, 3.8) is 0 Å². The highest BCUT2D eigenvalue weighted by Gasteiger charge is 2.05. The van der Waals surface area contributed by atoms with E-state index >= 15 is 0 Å². The van der Waals surface area contributed by atoms with Crippen LogP contribution in [-0.2, 0) is 4.79 Å². The van der Waals surface area contributed by atoms with Gasteiger partial charge in [0.2, 0.25) is 0 Å². The first-order valence-electron chi connectivity index (χ1n) is 2.85. The minimum absolute atomic E-state index is 0.147. The lowest BCUT2D eigenvalue weighted by Crippen LogP contribution is -2.08. The third kappa shape index (κ3) is 3.03. The number of carbonyl (C=O) groups is 1. The third-order valence-electron chi connectivity index (χ3n) is 0.940. The van der Waals surface area contributed by atoms with Crippen LogP contribution in [0.3, 0.4) is 0 Å². The summed E-state index contributed by atoms with van der Waals surface area (Å²) in [7, 11) is 0. The van der Waals surface area contributed by atoms with E-state index in [1.165, 1.54) is 0 Å². The third-order valence-corrected chi connectivity index (χ3v) is 1.18. The van der Waals surface area contributed by atoms with E-state index in [1.54, 1.807) is 6.92 Å². The molecule has 0 aliphatic rings. The number of Topliss-reactive ketones (excluding diaryl/α,β-unsaturated/α-hetero) is 1. The molecule has 1 nitrogen and oxygen atoms in total. The monoisotopic (exact) mass is 134 g/mol. The van der Waals surface area contributed by atoms with Crippen molar-refractivity contribution in [2.45, 2.75) is 32.1 Å². The second-order valence-corrected chi connectivity index (χ2v) is 2.49. The summed E-state index contributed by atoms with van der Waals surface area (Å²) in [6.07, 6.45) is 1.51. The predicted molar refractivity (Wildman–Crippen MR) is 35.2 cm³/mol. The number of halogens is 1. The van der Waals surface area contributed by atoms with E-state index in [1.807, 2.05) is 6.92 Å². The Morgan fingerprint density at radius 1 is 1.75 bits per heavy atom. The molecule has 0 N–H and O–H groups in total. The summed E-state index contributed by atoms with van der Waals surface area (Å²) in [5.74, 6) is 0.147. The van der Waals surface area contributed by atoms with Crippen LogP contribution in [0.4, 0.5) is 0 Å². The molecular weight excluding hydrogens is 124 g/mol. The fraction of sp³-hybridized carbons (Fsp3) is 0.833. The van der Waals surface area contributed by atoms with Crippen LogP contribution in [0.25, 0.3) is 0 Å². The second-order valence-electron chi connectivity index (χ2n) is 1.83. The van der Waals surface area contributed by atoms with Gasteiger partial charge < -0.3 is 0 Å². The maximum absolute atomic E-state index is 10.6. The topological polar surface area (TPSA) is 17.1 Å². The normalized spacial score (nSPS) is 13.4. The molecule has 0 aliphatic carbocycles. The zero-order chi connectivity index (χ0) is 6.57. The minimum Gasteiger partial charge on any atom is -0.298 e. The smallest absolute Gasteiger partial charge is 0.150 e. The van der Waals surface area contributed by atoms with Gasteiger partial charge in [-0.3, -0.25) is 4.79 Å². The van der Waals surface area contributed by atoms with Crippen molar-refractivity contribution in [1.29, 1.82) is 0 Å². The standard InChI is InChI=1S/C6H11ClO/c1-3-4-6(8)5(2)7/h5H,3-4H2,1-2H3. The van der Waals surface area contributed by atoms with Gasteiger partial charge in [-0.1, -0.05) is 6.92 Å². The quantitative estimate of drug-likeness (QED) is 0.540. The summed E-state index contributed by atoms with van der Waals surface area (Å²) in [4.78, 5) is 10.6. The first kappa shape index (κ1) is 7.96. The maximum atomic E-state index is 10.6. The molecule has 0 aromatic rings. The molecule has 0 saturated carbocycles. The average molecular weight is 135 g/mol. The molecule has 0 fully saturated rings. The summed E-state index contributed by atoms with van der Waals surface area (Å²) in [5, 5.41) is -0.296. The molecule has 0 bridgehead atoms. The highest BCUT2D eigenvalue weighted by Crippen LogP contribution is 2.00. The maximum Gasteiger partial charge on any atom is 0.150 e. The Morgan fingerprint density at radius 3 is 2.38 bits per heavy atom. The Bertz CT molecular complexity index is 78.6. The average Bonchev–Trinajstić information content (AvgIpc) is 1.67. The van der Waals surface area contributed by atoms with Gasteiger partial charge in [0.1, 0.15) is 5.78 Å². The molecule has 1 atom stereocenters. The van der Waals surface area contributed by atoms with Crippen LogP contribution in [0, 0.1) is 0 Å². The van der Waals surface area contributed by atoms with Gasteiger partial charge >= 0.3 is 0 Å². The number of rotatable bonds is 3. The van der Waals surface area contributed by atoms with E-state index in [4.69, 9.17) is 11.6 Å². The largest absolute Gasteiger partial charge is 0.298 e. The van der Waals surface area contributed by atoms with E-state index in [0.717, 1.165) is 6.42 Å². The Kier molecular flexibility index (Phi) is 3.88. The summed E-state index contributed by atoms with van der Waals surface area (Å²) in [6.45, 7) is 3.68. The Hall–Kier alpha value is -0.0400. The molecule has 0 saturated heterocycles. The van der Waals surface area contributed by atoms with E-state index < -0.39 is 0 Å². The van der Waals surface area contributed by atoms with Crippen molar-refractivity contribution >= 4 is 17.4 Å². The Labute approximate surface area is 55.0 Å². The molecule has 0 aromatic carbocycles. The molecule has 0 heterocycles. The number of ketones is 1. The van der Waals surface area contributed by atoms with Gasteiger partial charge in [0.05, 0.1) is 5.38 Å². The molecule has 0 rings (SSSR count). The zero-order valence-corrected chi connectivity index (χ0v) is 6.03. The van der Waals surface area contributed by atoms with Crippen LogP contribution >= 0.6 is 11.6 Å². The summed E-state index contributed by atoms with van der Waals surface area (Å²) < 4.78 is 0. The van der Waals surface area contributed by atoms with Gasteiger partial charge in [-0.15, -0.1) is 11.6 Å². The molecule has 0 amide bonds. The molecular formula is C6H11ClO. The van der Waals surface area contributed by atoms with E-state index in [0.29, 0.717) is 6.42 Å². The summed E-state index contributed by atoms with van der Waals surface area (Å²) >= 11 is 5.46. The van der Waals surface area contributed by atoms with Gasteiger partial charge in [0.25, 0.3) is 0 Å². The molecule has 0 spiro atoms. The van der Waals surface area contributed by atoms with Crippen molar-refractivity contribution in [1.82, 2.24) is 0 Å². The van der Waals surface area contributed by atoms with E-state index in [9.17, 15) is 4.79 Å². The molecule has 1 unspecified atom stereocenters. The van der Waals surface area contributed by atoms with E-state index in [-0.39, 0.29) is 11.2 Å². The Balaban J connectivity index is 3.33. The SMILES string of the molecule is CCCC(=O)C(C)Cl. The fourth-order valence-corrected chi connectivity index (χ4v) is 0.554. The van der Waals surface area contributed by atoms with Crippen LogP contribution in [-0.4, -0.2) is 11.2 Å². The molecule has 8 heavy (non-hydrogen) atoms. The fourth-order valence-electron chi connectivity index (χ4n) is 0.445. The number of carbonyl (C=O) groups excluding carboxylic acids is 1. The van der Waals surface area contributed by atoms with Crippen LogP contribution in [0.5, 0.6) is 0 Å². The zero-order valence-electron chi connectivity index (χ0n) is 5.28. The Morgan fingerprint density at radius 2 is 2.25 bits per heavy atom. The van der Waals surface area contributed by atoms with Crippen molar-refractivity contribution < 1.29 is 4.79 Å². The van der Waals surface area contributed by atoms with Crippen LogP contribution in [0.2, 0.25) is 0 Å². The van der Waals surface area contributed by atoms with E-state index in [2.05, 4.69) is 0 Å². The second kappa shape index (κ2) is 3.90. The number of hydrogen-bond acceptors (Lipinski definition) is 1. The minimum atomic E-state index is -0.296. The van der Waals surface area contributed by atoms with Gasteiger partial charge in [-0.05, 0) is 13.3 Å². The van der Waals surface area contributed by atoms with Crippen molar-refractivity contribution in [3.8, 4) is 0 Å². The molecule has 0 radical (unpaired) electrons. The number of alkyl halides is 1. The summed E-state index contributed by atoms with van der Waals surface area (Å²) in [5.41, 5.74) is 0. The first-order chi connectivity index (χ1) is 3.68. The van der Waals surface area contributed by atoms with Crippen molar-refractivity contribution in [2.24, 2.45) is 0 Å². The van der Waals surface area contributed by atoms with Crippen molar-refractivity contribution in [2.75, 3.05) is 0 Å². The highest BCUT2D eigenvalue weighted by molar-refractivity contribution is 6.30. The van der Waals surface area contributed by atoms with Crippen molar-refractivity contribution in [3.05, 3.63) is 0 Å². The van der Waals surface area contributed by atoms with Gasteiger partial charge in [-0.2, -0.15) is 0 Å². The van der Waals surface area contributed by atoms with Crippen LogP contribution in [0.15, 0.2) is 0 Å². The van der Waals surface area contributed by atoms with Gasteiger partial charge in [-0.25, -0.2) is 0 Å². The molecule has 0 aromatic heterocycles. The van der Waals surface area contributed by atoms with Crippen LogP contribution in [0.1, 0.15) is 26.7 Å². The predicted octanol–water partition coefficient (Wildman–Crippen LogP) is 1.98. The van der Waals surface area contributed by atoms with Crippen LogP contribution < -0.4 is 0 Å². The molecule has 48 valence electrons.